The molecule has 3 rings (SSSR count). The molecule has 0 aliphatic carbocycles. The average molecular weight is 392 g/mol. The van der Waals surface area contributed by atoms with Crippen molar-refractivity contribution in [1.29, 1.82) is 5.26 Å². The van der Waals surface area contributed by atoms with Crippen LogP contribution in [0.3, 0.4) is 0 Å². The van der Waals surface area contributed by atoms with Gasteiger partial charge in [-0.3, -0.25) is 4.79 Å². The Morgan fingerprint density at radius 1 is 1.00 bits per heavy atom. The van der Waals surface area contributed by atoms with Crippen molar-refractivity contribution in [2.45, 2.75) is 12.5 Å². The zero-order valence-electron chi connectivity index (χ0n) is 15.4. The lowest BCUT2D eigenvalue weighted by Crippen LogP contribution is -2.34. The lowest BCUT2D eigenvalue weighted by atomic mass is 9.98. The lowest BCUT2D eigenvalue weighted by molar-refractivity contribution is -0.123. The number of rotatable bonds is 7. The minimum atomic E-state index is -0.574. The van der Waals surface area contributed by atoms with Gasteiger partial charge in [0.05, 0.1) is 11.6 Å². The van der Waals surface area contributed by atoms with Gasteiger partial charge in [0.25, 0.3) is 5.91 Å². The summed E-state index contributed by atoms with van der Waals surface area (Å²) < 4.78 is 32.7. The first kappa shape index (κ1) is 20.0. The van der Waals surface area contributed by atoms with Crippen molar-refractivity contribution >= 4 is 5.91 Å². The number of benzene rings is 3. The first-order valence-electron chi connectivity index (χ1n) is 8.96. The van der Waals surface area contributed by atoms with Gasteiger partial charge in [0.2, 0.25) is 0 Å². The zero-order valence-corrected chi connectivity index (χ0v) is 15.4. The van der Waals surface area contributed by atoms with E-state index in [2.05, 4.69) is 5.32 Å². The third-order valence-electron chi connectivity index (χ3n) is 4.28. The van der Waals surface area contributed by atoms with Crippen molar-refractivity contribution in [2.24, 2.45) is 0 Å². The summed E-state index contributed by atoms with van der Waals surface area (Å²) in [4.78, 5) is 12.5. The van der Waals surface area contributed by atoms with Crippen LogP contribution in [-0.2, 0) is 11.2 Å². The number of nitrogens with zero attached hydrogens (tertiary/aromatic N) is 1. The SMILES string of the molecule is N#Cc1ccccc1OCC(=O)NC(Cc1cccc(F)c1)c1cccc(F)c1. The highest BCUT2D eigenvalue weighted by molar-refractivity contribution is 5.78. The Bertz CT molecular complexity index is 1050. The van der Waals surface area contributed by atoms with E-state index in [9.17, 15) is 13.6 Å². The Hall–Kier alpha value is -3.72. The maximum absolute atomic E-state index is 13.7. The number of para-hydroxylation sites is 1. The fraction of sp³-hybridized carbons (Fsp3) is 0.130. The summed E-state index contributed by atoms with van der Waals surface area (Å²) in [5.74, 6) is -0.954. The molecule has 3 aromatic rings. The van der Waals surface area contributed by atoms with E-state index in [4.69, 9.17) is 10.00 Å². The van der Waals surface area contributed by atoms with Crippen LogP contribution in [0.4, 0.5) is 8.78 Å². The van der Waals surface area contributed by atoms with Gasteiger partial charge in [-0.05, 0) is 53.9 Å². The molecule has 1 atom stereocenters. The van der Waals surface area contributed by atoms with Crippen LogP contribution in [-0.4, -0.2) is 12.5 Å². The Morgan fingerprint density at radius 2 is 1.72 bits per heavy atom. The van der Waals surface area contributed by atoms with E-state index < -0.39 is 17.8 Å². The highest BCUT2D eigenvalue weighted by atomic mass is 19.1. The molecule has 0 radical (unpaired) electrons. The number of halogens is 2. The van der Waals surface area contributed by atoms with Crippen LogP contribution in [0.15, 0.2) is 72.8 Å². The van der Waals surface area contributed by atoms with Crippen molar-refractivity contribution in [3.05, 3.63) is 101 Å². The summed E-state index contributed by atoms with van der Waals surface area (Å²) in [5.41, 5.74) is 1.54. The van der Waals surface area contributed by atoms with E-state index in [0.29, 0.717) is 22.4 Å². The van der Waals surface area contributed by atoms with Crippen molar-refractivity contribution in [3.63, 3.8) is 0 Å². The zero-order chi connectivity index (χ0) is 20.6. The molecule has 0 heterocycles. The number of carbonyl (C=O) groups is 1. The van der Waals surface area contributed by atoms with Gasteiger partial charge in [-0.1, -0.05) is 36.4 Å². The highest BCUT2D eigenvalue weighted by Crippen LogP contribution is 2.21. The van der Waals surface area contributed by atoms with E-state index in [1.807, 2.05) is 6.07 Å². The van der Waals surface area contributed by atoms with Crippen LogP contribution in [0.5, 0.6) is 5.75 Å². The molecular formula is C23H18F2N2O2. The molecule has 1 amide bonds. The highest BCUT2D eigenvalue weighted by Gasteiger charge is 2.17. The second kappa shape index (κ2) is 9.47. The molecule has 0 saturated heterocycles. The van der Waals surface area contributed by atoms with Crippen LogP contribution in [0, 0.1) is 23.0 Å². The number of carbonyl (C=O) groups excluding carboxylic acids is 1. The quantitative estimate of drug-likeness (QED) is 0.652. The number of hydrogen-bond acceptors (Lipinski definition) is 3. The molecule has 0 bridgehead atoms. The maximum Gasteiger partial charge on any atom is 0.258 e. The van der Waals surface area contributed by atoms with Gasteiger partial charge in [0, 0.05) is 0 Å². The second-order valence-corrected chi connectivity index (χ2v) is 6.41. The summed E-state index contributed by atoms with van der Waals surface area (Å²) >= 11 is 0. The molecule has 1 unspecified atom stereocenters. The Morgan fingerprint density at radius 3 is 2.45 bits per heavy atom. The fourth-order valence-electron chi connectivity index (χ4n) is 2.94. The normalized spacial score (nSPS) is 11.3. The topological polar surface area (TPSA) is 62.1 Å². The molecule has 0 aromatic heterocycles. The van der Waals surface area contributed by atoms with E-state index >= 15 is 0 Å². The van der Waals surface area contributed by atoms with Gasteiger partial charge >= 0.3 is 0 Å². The number of ether oxygens (including phenoxy) is 1. The number of nitrogens with one attached hydrogen (secondary N) is 1. The molecule has 0 spiro atoms. The monoisotopic (exact) mass is 392 g/mol. The molecule has 29 heavy (non-hydrogen) atoms. The molecule has 0 aliphatic heterocycles. The summed E-state index contributed by atoms with van der Waals surface area (Å²) in [6, 6.07) is 19.9. The first-order chi connectivity index (χ1) is 14.0. The van der Waals surface area contributed by atoms with Crippen LogP contribution < -0.4 is 10.1 Å². The van der Waals surface area contributed by atoms with Crippen LogP contribution in [0.25, 0.3) is 0 Å². The van der Waals surface area contributed by atoms with Crippen molar-refractivity contribution < 1.29 is 18.3 Å². The smallest absolute Gasteiger partial charge is 0.258 e. The number of nitriles is 1. The van der Waals surface area contributed by atoms with Gasteiger partial charge in [-0.15, -0.1) is 0 Å². The summed E-state index contributed by atoms with van der Waals surface area (Å²) in [5, 5.41) is 11.9. The minimum absolute atomic E-state index is 0.279. The van der Waals surface area contributed by atoms with E-state index in [0.717, 1.165) is 0 Å². The van der Waals surface area contributed by atoms with Crippen molar-refractivity contribution in [1.82, 2.24) is 5.32 Å². The lowest BCUT2D eigenvalue weighted by Gasteiger charge is -2.20. The average Bonchev–Trinajstić information content (AvgIpc) is 2.72. The summed E-state index contributed by atoms with van der Waals surface area (Å²) in [7, 11) is 0. The van der Waals surface area contributed by atoms with Crippen molar-refractivity contribution in [2.75, 3.05) is 6.61 Å². The van der Waals surface area contributed by atoms with E-state index in [1.165, 1.54) is 24.3 Å². The molecule has 146 valence electrons. The summed E-state index contributed by atoms with van der Waals surface area (Å²) in [6.45, 7) is -0.312. The molecule has 6 heteroatoms. The predicted octanol–water partition coefficient (Wildman–Crippen LogP) is 4.32. The third kappa shape index (κ3) is 5.63. The standard InChI is InChI=1S/C23H18F2N2O2/c24-19-8-3-5-16(11-19)12-21(17-7-4-9-20(25)13-17)27-23(28)15-29-22-10-2-1-6-18(22)14-26/h1-11,13,21H,12,15H2,(H,27,28). The number of amides is 1. The van der Waals surface area contributed by atoms with Gasteiger partial charge < -0.3 is 10.1 Å². The minimum Gasteiger partial charge on any atom is -0.482 e. The molecule has 0 fully saturated rings. The van der Waals surface area contributed by atoms with Gasteiger partial charge in [0.15, 0.2) is 6.61 Å². The van der Waals surface area contributed by atoms with Crippen LogP contribution >= 0.6 is 0 Å². The fourth-order valence-corrected chi connectivity index (χ4v) is 2.94. The molecular weight excluding hydrogens is 374 g/mol. The number of hydrogen-bond donors (Lipinski definition) is 1. The van der Waals surface area contributed by atoms with Crippen LogP contribution in [0.2, 0.25) is 0 Å². The second-order valence-electron chi connectivity index (χ2n) is 6.41. The Balaban J connectivity index is 1.73. The Labute approximate surface area is 167 Å². The first-order valence-corrected chi connectivity index (χ1v) is 8.96. The maximum atomic E-state index is 13.7. The molecule has 4 nitrogen and oxygen atoms in total. The molecule has 0 saturated carbocycles. The predicted molar refractivity (Wildman–Crippen MR) is 104 cm³/mol. The third-order valence-corrected chi connectivity index (χ3v) is 4.28. The van der Waals surface area contributed by atoms with Gasteiger partial charge in [-0.2, -0.15) is 5.26 Å². The van der Waals surface area contributed by atoms with E-state index in [1.54, 1.807) is 48.5 Å². The van der Waals surface area contributed by atoms with E-state index in [-0.39, 0.29) is 18.8 Å². The Kier molecular flexibility index (Phi) is 6.54. The molecule has 1 N–H and O–H groups in total. The molecule has 0 aliphatic rings. The van der Waals surface area contributed by atoms with Crippen molar-refractivity contribution in [3.8, 4) is 11.8 Å². The van der Waals surface area contributed by atoms with Gasteiger partial charge in [0.1, 0.15) is 23.5 Å². The largest absolute Gasteiger partial charge is 0.482 e. The summed E-state index contributed by atoms with van der Waals surface area (Å²) in [6.07, 6.45) is 0.279. The van der Waals surface area contributed by atoms with Gasteiger partial charge in [-0.25, -0.2) is 8.78 Å². The molecule has 3 aromatic carbocycles. The van der Waals surface area contributed by atoms with Crippen LogP contribution in [0.1, 0.15) is 22.7 Å².